The Bertz CT molecular complexity index is 1420. The van der Waals surface area contributed by atoms with Gasteiger partial charge in [0.25, 0.3) is 0 Å². The summed E-state index contributed by atoms with van der Waals surface area (Å²) in [5.74, 6) is -0.216. The predicted molar refractivity (Wildman–Crippen MR) is 151 cm³/mol. The number of carbonyl (C=O) groups is 1. The maximum atomic E-state index is 12.7. The molecule has 0 bridgehead atoms. The molecule has 9 heteroatoms. The van der Waals surface area contributed by atoms with E-state index in [2.05, 4.69) is 15.8 Å². The first-order valence-corrected chi connectivity index (χ1v) is 14.4. The number of pyridine rings is 1. The lowest BCUT2D eigenvalue weighted by molar-refractivity contribution is -0.139. The molecule has 39 heavy (non-hydrogen) atoms. The smallest absolute Gasteiger partial charge is 0.325 e. The van der Waals surface area contributed by atoms with Gasteiger partial charge in [0, 0.05) is 24.7 Å². The van der Waals surface area contributed by atoms with Crippen LogP contribution in [0.25, 0.3) is 16.8 Å². The molecule has 0 fully saturated rings. The number of ether oxygens (including phenoxy) is 3. The second kappa shape index (κ2) is 13.0. The SMILES string of the molecule is COC(=O)C(C)S(=O)(=O)N1CC=C(c2ccc(-c3cccc(OCCOCc4ccccc4)n3)c(C)c2)CC1. The quantitative estimate of drug-likeness (QED) is 0.254. The molecule has 0 aliphatic carbocycles. The predicted octanol–water partition coefficient (Wildman–Crippen LogP) is 4.63. The van der Waals surface area contributed by atoms with E-state index in [-0.39, 0.29) is 6.54 Å². The van der Waals surface area contributed by atoms with Crippen molar-refractivity contribution in [2.75, 3.05) is 33.4 Å². The number of hydrogen-bond acceptors (Lipinski definition) is 7. The van der Waals surface area contributed by atoms with E-state index < -0.39 is 21.2 Å². The van der Waals surface area contributed by atoms with Gasteiger partial charge in [-0.3, -0.25) is 4.79 Å². The molecule has 0 saturated heterocycles. The molecule has 3 aromatic rings. The van der Waals surface area contributed by atoms with Gasteiger partial charge in [0.2, 0.25) is 15.9 Å². The van der Waals surface area contributed by atoms with Crippen LogP contribution in [0.15, 0.2) is 72.8 Å². The average molecular weight is 551 g/mol. The molecule has 0 saturated carbocycles. The number of methoxy groups -OCH3 is 1. The fourth-order valence-corrected chi connectivity index (χ4v) is 5.84. The molecule has 0 N–H and O–H groups in total. The van der Waals surface area contributed by atoms with Gasteiger partial charge >= 0.3 is 5.97 Å². The van der Waals surface area contributed by atoms with E-state index in [4.69, 9.17) is 9.47 Å². The van der Waals surface area contributed by atoms with Crippen molar-refractivity contribution in [1.29, 1.82) is 0 Å². The van der Waals surface area contributed by atoms with Crippen LogP contribution in [0.3, 0.4) is 0 Å². The van der Waals surface area contributed by atoms with Crippen molar-refractivity contribution < 1.29 is 27.4 Å². The minimum absolute atomic E-state index is 0.218. The number of aromatic nitrogens is 1. The molecule has 0 radical (unpaired) electrons. The second-order valence-electron chi connectivity index (χ2n) is 9.33. The van der Waals surface area contributed by atoms with Gasteiger partial charge in [-0.2, -0.15) is 4.31 Å². The zero-order valence-electron chi connectivity index (χ0n) is 22.5. The van der Waals surface area contributed by atoms with Crippen LogP contribution in [-0.4, -0.2) is 62.3 Å². The molecule has 206 valence electrons. The third-order valence-electron chi connectivity index (χ3n) is 6.70. The van der Waals surface area contributed by atoms with Crippen molar-refractivity contribution in [3.05, 3.63) is 89.5 Å². The molecular weight excluding hydrogens is 516 g/mol. The first-order valence-electron chi connectivity index (χ1n) is 12.9. The van der Waals surface area contributed by atoms with Crippen LogP contribution in [0.5, 0.6) is 5.88 Å². The first kappa shape index (κ1) is 28.5. The van der Waals surface area contributed by atoms with Gasteiger partial charge in [0.1, 0.15) is 6.61 Å². The Labute approximate surface area is 230 Å². The summed E-state index contributed by atoms with van der Waals surface area (Å²) in [5.41, 5.74) is 6.10. The van der Waals surface area contributed by atoms with Crippen molar-refractivity contribution >= 4 is 21.6 Å². The molecule has 1 aliphatic rings. The molecule has 1 atom stereocenters. The molecular formula is C30H34N2O6S. The Morgan fingerprint density at radius 3 is 2.54 bits per heavy atom. The maximum absolute atomic E-state index is 12.7. The van der Waals surface area contributed by atoms with Crippen LogP contribution in [0.1, 0.15) is 30.0 Å². The number of aryl methyl sites for hydroxylation is 1. The van der Waals surface area contributed by atoms with Crippen LogP contribution in [-0.2, 0) is 30.9 Å². The van der Waals surface area contributed by atoms with Gasteiger partial charge < -0.3 is 14.2 Å². The first-order chi connectivity index (χ1) is 18.8. The summed E-state index contributed by atoms with van der Waals surface area (Å²) in [6.45, 7) is 5.33. The van der Waals surface area contributed by atoms with Crippen molar-refractivity contribution in [2.45, 2.75) is 32.1 Å². The third-order valence-corrected chi connectivity index (χ3v) is 8.83. The fraction of sp³-hybridized carbons (Fsp3) is 0.333. The van der Waals surface area contributed by atoms with Crippen molar-refractivity contribution in [3.63, 3.8) is 0 Å². The minimum atomic E-state index is -3.77. The highest BCUT2D eigenvalue weighted by atomic mass is 32.2. The van der Waals surface area contributed by atoms with E-state index in [1.807, 2.05) is 73.7 Å². The lowest BCUT2D eigenvalue weighted by atomic mass is 9.95. The average Bonchev–Trinajstić information content (AvgIpc) is 2.97. The summed E-state index contributed by atoms with van der Waals surface area (Å²) in [6.07, 6.45) is 2.46. The summed E-state index contributed by atoms with van der Waals surface area (Å²) < 4.78 is 42.9. The van der Waals surface area contributed by atoms with E-state index in [1.54, 1.807) is 0 Å². The third kappa shape index (κ3) is 7.11. The van der Waals surface area contributed by atoms with Crippen LogP contribution in [0.4, 0.5) is 0 Å². The number of rotatable bonds is 11. The summed E-state index contributed by atoms with van der Waals surface area (Å²) in [6, 6.07) is 21.9. The molecule has 4 rings (SSSR count). The highest BCUT2D eigenvalue weighted by Gasteiger charge is 2.35. The lowest BCUT2D eigenvalue weighted by Gasteiger charge is -2.28. The summed E-state index contributed by atoms with van der Waals surface area (Å²) in [4.78, 5) is 16.4. The van der Waals surface area contributed by atoms with Crippen LogP contribution >= 0.6 is 0 Å². The Morgan fingerprint density at radius 1 is 1.05 bits per heavy atom. The Balaban J connectivity index is 1.36. The van der Waals surface area contributed by atoms with E-state index in [1.165, 1.54) is 18.3 Å². The number of esters is 1. The molecule has 1 aliphatic heterocycles. The molecule has 1 aromatic heterocycles. The summed E-state index contributed by atoms with van der Waals surface area (Å²) in [7, 11) is -2.58. The highest BCUT2D eigenvalue weighted by molar-refractivity contribution is 7.90. The summed E-state index contributed by atoms with van der Waals surface area (Å²) >= 11 is 0. The number of nitrogens with zero attached hydrogens (tertiary/aromatic N) is 2. The minimum Gasteiger partial charge on any atom is -0.475 e. The van der Waals surface area contributed by atoms with E-state index in [0.717, 1.165) is 33.5 Å². The van der Waals surface area contributed by atoms with Gasteiger partial charge in [-0.1, -0.05) is 60.7 Å². The van der Waals surface area contributed by atoms with Gasteiger partial charge in [-0.25, -0.2) is 13.4 Å². The second-order valence-corrected chi connectivity index (χ2v) is 11.6. The molecule has 0 amide bonds. The number of benzene rings is 2. The maximum Gasteiger partial charge on any atom is 0.325 e. The zero-order chi connectivity index (χ0) is 27.8. The number of carbonyl (C=O) groups excluding carboxylic acids is 1. The fourth-order valence-electron chi connectivity index (χ4n) is 4.42. The molecule has 2 heterocycles. The van der Waals surface area contributed by atoms with E-state index in [0.29, 0.717) is 38.7 Å². The standard InChI is InChI=1S/C30H34N2O6S/c1-22-20-26(25-14-16-32(17-15-25)39(34,35)23(2)30(33)36-3)12-13-27(22)28-10-7-11-29(31-28)38-19-18-37-21-24-8-5-4-6-9-24/h4-14,20,23H,15-19,21H2,1-3H3. The normalized spacial score (nSPS) is 14.9. The zero-order valence-corrected chi connectivity index (χ0v) is 23.3. The van der Waals surface area contributed by atoms with Gasteiger partial charge in [0.05, 0.1) is 26.0 Å². The van der Waals surface area contributed by atoms with Crippen LogP contribution < -0.4 is 4.74 Å². The van der Waals surface area contributed by atoms with Gasteiger partial charge in [-0.05, 0) is 48.6 Å². The summed E-state index contributed by atoms with van der Waals surface area (Å²) in [5, 5.41) is -1.23. The van der Waals surface area contributed by atoms with Crippen molar-refractivity contribution in [2.24, 2.45) is 0 Å². The Kier molecular flexibility index (Phi) is 9.50. The van der Waals surface area contributed by atoms with Crippen LogP contribution in [0, 0.1) is 6.92 Å². The Hall–Kier alpha value is -3.53. The van der Waals surface area contributed by atoms with Gasteiger partial charge in [0.15, 0.2) is 5.25 Å². The van der Waals surface area contributed by atoms with Crippen molar-refractivity contribution in [1.82, 2.24) is 9.29 Å². The van der Waals surface area contributed by atoms with Crippen molar-refractivity contribution in [3.8, 4) is 17.1 Å². The number of hydrogen-bond donors (Lipinski definition) is 0. The van der Waals surface area contributed by atoms with E-state index >= 15 is 0 Å². The number of sulfonamides is 1. The molecule has 2 aromatic carbocycles. The topological polar surface area (TPSA) is 95.0 Å². The molecule has 0 spiro atoms. The molecule has 1 unspecified atom stereocenters. The Morgan fingerprint density at radius 2 is 1.85 bits per heavy atom. The van der Waals surface area contributed by atoms with Gasteiger partial charge in [-0.15, -0.1) is 0 Å². The van der Waals surface area contributed by atoms with E-state index in [9.17, 15) is 13.2 Å². The monoisotopic (exact) mass is 550 g/mol. The highest BCUT2D eigenvalue weighted by Crippen LogP contribution is 2.30. The lowest BCUT2D eigenvalue weighted by Crippen LogP contribution is -2.43. The largest absolute Gasteiger partial charge is 0.475 e. The molecule has 8 nitrogen and oxygen atoms in total. The van der Waals surface area contributed by atoms with Crippen LogP contribution in [0.2, 0.25) is 0 Å².